The molecule has 0 amide bonds. The maximum atomic E-state index is 12.2. The van der Waals surface area contributed by atoms with Crippen LogP contribution in [0.1, 0.15) is 27.0 Å². The Morgan fingerprint density at radius 2 is 0.954 bits per heavy atom. The number of nitrogens with zero attached hydrogens (tertiary/aromatic N) is 24. The monoisotopic (exact) mass is 1640 g/mol. The Labute approximate surface area is 639 Å². The first-order chi connectivity index (χ1) is 52.0. The predicted octanol–water partition coefficient (Wildman–Crippen LogP) is 11.1. The van der Waals surface area contributed by atoms with Crippen LogP contribution in [0.5, 0.6) is 18.0 Å². The summed E-state index contributed by atoms with van der Waals surface area (Å²) < 4.78 is 91.0. The summed E-state index contributed by atoms with van der Waals surface area (Å²) in [6.45, 7) is -0.398. The number of nitrogens with one attached hydrogen (secondary N) is 8. The van der Waals surface area contributed by atoms with E-state index in [4.69, 9.17) is 62.7 Å². The molecule has 15 heterocycles. The van der Waals surface area contributed by atoms with Crippen LogP contribution >= 0.6 is 92.4 Å². The van der Waals surface area contributed by atoms with E-state index in [2.05, 4.69) is 161 Å². The van der Waals surface area contributed by atoms with Crippen molar-refractivity contribution >= 4 is 177 Å². The van der Waals surface area contributed by atoms with Crippen LogP contribution in [-0.2, 0) is 46.3 Å². The van der Waals surface area contributed by atoms with Crippen LogP contribution in [0.25, 0.3) is 55.8 Å². The van der Waals surface area contributed by atoms with E-state index in [1.165, 1.54) is 42.9 Å². The van der Waals surface area contributed by atoms with Gasteiger partial charge in [-0.25, -0.2) is 39.9 Å². The van der Waals surface area contributed by atoms with Crippen molar-refractivity contribution in [3.63, 3.8) is 0 Å². The molecular formula is C58H51Cl5F6N32O4S3. The summed E-state index contributed by atoms with van der Waals surface area (Å²) in [6, 6.07) is 6.92. The maximum absolute atomic E-state index is 12.2. The first-order valence-electron chi connectivity index (χ1n) is 30.5. The van der Waals surface area contributed by atoms with Gasteiger partial charge in [0.2, 0.25) is 26.4 Å². The number of hydrogen-bond donors (Lipinski definition) is 9. The number of methoxy groups -OCH3 is 1. The highest BCUT2D eigenvalue weighted by Crippen LogP contribution is 2.31. The predicted molar refractivity (Wildman–Crippen MR) is 389 cm³/mol. The van der Waals surface area contributed by atoms with Crippen LogP contribution in [0.15, 0.2) is 96.3 Å². The van der Waals surface area contributed by atoms with Crippen LogP contribution in [0.2, 0.25) is 26.4 Å². The zero-order chi connectivity index (χ0) is 76.3. The molecule has 15 aromatic heterocycles. The summed E-state index contributed by atoms with van der Waals surface area (Å²) in [6.07, 6.45) is 7.70. The lowest BCUT2D eigenvalue weighted by Crippen LogP contribution is -2.19. The molecule has 0 spiro atoms. The normalized spacial score (nSPS) is 11.3. The van der Waals surface area contributed by atoms with Crippen LogP contribution in [0.4, 0.5) is 55.4 Å². The second-order valence-electron chi connectivity index (χ2n) is 21.0. The maximum Gasteiger partial charge on any atom is 0.422 e. The fraction of sp³-hybridized carbons (Fsp3) is 0.241. The highest BCUT2D eigenvalue weighted by atomic mass is 35.5. The number of aryl methyl sites for hydroxylation is 1. The standard InChI is InChI=1S/C13H10ClF3N6O.C13H14ClN7O2.C11H8ClF3N6OS.C11H10ClN7S.C10H9ClN6S/c14-11-21-9(19-5-7-1-3-18-4-2-7)8-10(22-11)23-12(20-8)24-6-13(15,16)17;1-23-13-18-9-10(16-6-8-2-3-15-7-17-8)19-12(14)20-11(9)21(13)4-5-22;12-9-19-7(17-3-5-16-1-2-23-5)6-8(20-9)21-10(18-6)22-4-11(13,14)15;1-20-11-16-7-8(17-10(12)18-9(7)19-11)14-4-6-2-3-13-5-15-6;1-17-5-14-7-8(15-10(11)16-9(7)17)13-4-6-12-2-3-18-6/h1-4H,5-6H2,(H2,19,20,21,22,23);2-3,7,22H,4-6H2,1H3,(H,16,19,20);1-2H,3-4H2,(H2,17,18,19,20,21);2-3,5H,4H2,1H3,(H2,14,16,17,18,19);2-3,5H,4H2,1H3,(H,13,15,16). The number of H-pyrrole nitrogens is 3. The number of hydrogen-bond acceptors (Lipinski definition) is 34. The highest BCUT2D eigenvalue weighted by molar-refractivity contribution is 7.98. The third-order valence-electron chi connectivity index (χ3n) is 13.6. The van der Waals surface area contributed by atoms with Crippen molar-refractivity contribution in [1.29, 1.82) is 0 Å². The third kappa shape index (κ3) is 21.9. The van der Waals surface area contributed by atoms with Crippen LogP contribution < -0.4 is 40.8 Å². The van der Waals surface area contributed by atoms with E-state index in [1.54, 1.807) is 82.2 Å². The van der Waals surface area contributed by atoms with Gasteiger partial charge in [0.1, 0.15) is 39.2 Å². The van der Waals surface area contributed by atoms with Gasteiger partial charge in [0.15, 0.2) is 86.7 Å². The molecule has 36 nitrogen and oxygen atoms in total. The number of ether oxygens (including phenoxy) is 3. The van der Waals surface area contributed by atoms with Crippen molar-refractivity contribution in [2.75, 3.05) is 59.8 Å². The molecule has 562 valence electrons. The van der Waals surface area contributed by atoms with Gasteiger partial charge >= 0.3 is 12.4 Å². The number of aromatic nitrogens is 27. The Morgan fingerprint density at radius 3 is 1.44 bits per heavy atom. The van der Waals surface area contributed by atoms with E-state index in [0.717, 1.165) is 37.6 Å². The summed E-state index contributed by atoms with van der Waals surface area (Å²) >= 11 is 33.9. The van der Waals surface area contributed by atoms with Crippen molar-refractivity contribution in [2.24, 2.45) is 7.05 Å². The summed E-state index contributed by atoms with van der Waals surface area (Å²) in [5, 5.41) is 31.2. The van der Waals surface area contributed by atoms with Crippen molar-refractivity contribution in [1.82, 2.24) is 134 Å². The first kappa shape index (κ1) is 78.1. The molecule has 0 aliphatic rings. The largest absolute Gasteiger partial charge is 0.468 e. The number of aliphatic hydroxyl groups excluding tert-OH is 1. The van der Waals surface area contributed by atoms with Crippen LogP contribution in [0, 0.1) is 0 Å². The smallest absolute Gasteiger partial charge is 0.422 e. The van der Waals surface area contributed by atoms with Crippen molar-refractivity contribution in [3.8, 4) is 18.0 Å². The van der Waals surface area contributed by atoms with Gasteiger partial charge in [-0.15, -0.1) is 22.7 Å². The van der Waals surface area contributed by atoms with Gasteiger partial charge in [0.05, 0.1) is 64.2 Å². The molecule has 0 unspecified atom stereocenters. The lowest BCUT2D eigenvalue weighted by molar-refractivity contribution is -0.155. The van der Waals surface area contributed by atoms with E-state index < -0.39 is 25.6 Å². The molecule has 9 N–H and O–H groups in total. The van der Waals surface area contributed by atoms with Crippen LogP contribution in [-0.4, -0.2) is 184 Å². The summed E-state index contributed by atoms with van der Waals surface area (Å²) in [4.78, 5) is 97.8. The van der Waals surface area contributed by atoms with Crippen molar-refractivity contribution in [3.05, 3.63) is 145 Å². The molecule has 0 saturated heterocycles. The third-order valence-corrected chi connectivity index (χ3v) is 16.6. The number of fused-ring (bicyclic) bond motifs is 5. The molecular weight excluding hydrogens is 1600 g/mol. The number of anilines is 5. The minimum absolute atomic E-state index is 0.0735. The lowest BCUT2D eigenvalue weighted by Gasteiger charge is -2.07. The molecule has 0 aliphatic heterocycles. The summed E-state index contributed by atoms with van der Waals surface area (Å²) in [5.74, 6) is 2.29. The number of thioether (sulfide) groups is 1. The number of imidazole rings is 5. The number of alkyl halides is 6. The molecule has 0 aromatic carbocycles. The molecule has 108 heavy (non-hydrogen) atoms. The fourth-order valence-electron chi connectivity index (χ4n) is 8.98. The zero-order valence-electron chi connectivity index (χ0n) is 55.3. The number of aliphatic hydroxyl groups is 1. The Bertz CT molecular complexity index is 5410. The average Bonchev–Trinajstić information content (AvgIpc) is 1.53. The number of pyridine rings is 1. The molecule has 0 aliphatic carbocycles. The Kier molecular flexibility index (Phi) is 26.5. The minimum Gasteiger partial charge on any atom is -0.468 e. The molecule has 50 heteroatoms. The number of halogens is 11. The molecule has 15 aromatic rings. The summed E-state index contributed by atoms with van der Waals surface area (Å²) in [5.41, 5.74) is 7.05. The van der Waals surface area contributed by atoms with Gasteiger partial charge in [-0.3, -0.25) is 9.55 Å². The Balaban J connectivity index is 0.000000135. The minimum atomic E-state index is -4.47. The molecule has 0 bridgehead atoms. The molecule has 0 saturated carbocycles. The van der Waals surface area contributed by atoms with Gasteiger partial charge in [-0.05, 0) is 94.1 Å². The molecule has 0 atom stereocenters. The van der Waals surface area contributed by atoms with Gasteiger partial charge in [-0.1, -0.05) is 11.8 Å². The lowest BCUT2D eigenvalue weighted by atomic mass is 10.3. The Hall–Kier alpha value is -10.9. The van der Waals surface area contributed by atoms with Crippen molar-refractivity contribution in [2.45, 2.75) is 56.8 Å². The fourth-order valence-corrected chi connectivity index (χ4v) is 11.3. The topological polar surface area (TPSA) is 449 Å². The van der Waals surface area contributed by atoms with Gasteiger partial charge in [0, 0.05) is 61.5 Å². The second-order valence-corrected chi connectivity index (χ2v) is 25.4. The second kappa shape index (κ2) is 36.6. The highest BCUT2D eigenvalue weighted by Gasteiger charge is 2.31. The van der Waals surface area contributed by atoms with Crippen LogP contribution in [0.3, 0.4) is 0 Å². The average molecular weight is 1650 g/mol. The first-order valence-corrected chi connectivity index (χ1v) is 35.4. The number of aromatic amines is 3. The quantitative estimate of drug-likeness (QED) is 0.0163. The van der Waals surface area contributed by atoms with E-state index in [0.29, 0.717) is 113 Å². The molecule has 0 radical (unpaired) electrons. The zero-order valence-corrected chi connectivity index (χ0v) is 61.5. The van der Waals surface area contributed by atoms with Crippen molar-refractivity contribution < 1.29 is 45.7 Å². The summed E-state index contributed by atoms with van der Waals surface area (Å²) in [7, 11) is 3.36. The van der Waals surface area contributed by atoms with Gasteiger partial charge in [-0.2, -0.15) is 91.1 Å². The SMILES string of the molecule is COc1nc2c(NCc3ccncn3)nc(Cl)nc2n1CCO.CSc1nc2nc(Cl)nc(NCc3ccncn3)c2[nH]1.Cn1cnc2c(NCc3nccs3)nc(Cl)nc21.FC(F)(F)COc1nc2nc(Cl)nc(NCc3ccncc3)c2[nH]1.FC(F)(F)COc1nc2nc(Cl)nc(NCc3nccs3)c2[nH]1. The molecule has 0 fully saturated rings. The Morgan fingerprint density at radius 1 is 0.500 bits per heavy atom. The van der Waals surface area contributed by atoms with Gasteiger partial charge < -0.3 is 65.4 Å². The molecule has 15 rings (SSSR count). The van der Waals surface area contributed by atoms with E-state index in [-0.39, 0.29) is 56.3 Å². The van der Waals surface area contributed by atoms with E-state index in [1.807, 2.05) is 30.1 Å². The van der Waals surface area contributed by atoms with E-state index >= 15 is 0 Å². The van der Waals surface area contributed by atoms with E-state index in [9.17, 15) is 31.4 Å². The number of thiazole rings is 2. The van der Waals surface area contributed by atoms with Gasteiger partial charge in [0.25, 0.3) is 18.0 Å². The number of rotatable bonds is 23.